The lowest BCUT2D eigenvalue weighted by Gasteiger charge is -2.29. The third-order valence-electron chi connectivity index (χ3n) is 6.37. The average molecular weight is 504 g/mol. The van der Waals surface area contributed by atoms with Gasteiger partial charge in [0, 0.05) is 40.5 Å². The number of hydrogen-bond donors (Lipinski definition) is 0. The third-order valence-corrected chi connectivity index (χ3v) is 6.61. The lowest BCUT2D eigenvalue weighted by molar-refractivity contribution is 0.0968. The first kappa shape index (κ1) is 22.5. The molecule has 3 aromatic carbocycles. The zero-order valence-electron chi connectivity index (χ0n) is 18.9. The van der Waals surface area contributed by atoms with Crippen molar-refractivity contribution in [1.82, 2.24) is 4.90 Å². The van der Waals surface area contributed by atoms with Crippen LogP contribution in [-0.2, 0) is 13.0 Å². The van der Waals surface area contributed by atoms with E-state index in [0.29, 0.717) is 64.5 Å². The number of nitrogens with zero attached hydrogens (tertiary/aromatic N) is 1. The van der Waals surface area contributed by atoms with Crippen molar-refractivity contribution < 1.29 is 18.0 Å². The quantitative estimate of drug-likeness (QED) is 0.291. The third kappa shape index (κ3) is 4.17. The lowest BCUT2D eigenvalue weighted by atomic mass is 9.99. The van der Waals surface area contributed by atoms with E-state index in [-0.39, 0.29) is 11.4 Å². The molecule has 0 aliphatic carbocycles. The molecule has 0 atom stereocenters. The van der Waals surface area contributed by atoms with Crippen LogP contribution in [0.5, 0.6) is 5.75 Å². The van der Waals surface area contributed by atoms with Gasteiger partial charge in [0.25, 0.3) is 0 Å². The molecular formula is C28H19ClFNO5. The fourth-order valence-electron chi connectivity index (χ4n) is 4.57. The highest BCUT2D eigenvalue weighted by Crippen LogP contribution is 2.36. The summed E-state index contributed by atoms with van der Waals surface area (Å²) in [6.45, 7) is 1.53. The van der Waals surface area contributed by atoms with E-state index in [1.807, 2.05) is 6.07 Å². The summed E-state index contributed by atoms with van der Waals surface area (Å²) < 4.78 is 30.3. The zero-order chi connectivity index (χ0) is 24.8. The largest absolute Gasteiger partial charge is 0.478 e. The molecule has 0 spiro atoms. The highest BCUT2D eigenvalue weighted by atomic mass is 35.5. The van der Waals surface area contributed by atoms with Gasteiger partial charge in [-0.1, -0.05) is 23.7 Å². The fraction of sp³-hybridized carbons (Fsp3) is 0.143. The molecule has 6 nitrogen and oxygen atoms in total. The smallest absolute Gasteiger partial charge is 0.344 e. The van der Waals surface area contributed by atoms with E-state index in [4.69, 9.17) is 25.2 Å². The molecule has 3 heterocycles. The summed E-state index contributed by atoms with van der Waals surface area (Å²) in [7, 11) is 0. The minimum absolute atomic E-state index is 0.243. The molecule has 0 amide bonds. The van der Waals surface area contributed by atoms with Crippen LogP contribution in [0.1, 0.15) is 11.1 Å². The molecule has 180 valence electrons. The Hall–Kier alpha value is -3.94. The Bertz CT molecular complexity index is 1740. The van der Waals surface area contributed by atoms with Gasteiger partial charge in [-0.05, 0) is 60.5 Å². The average Bonchev–Trinajstić information content (AvgIpc) is 2.87. The minimum atomic E-state index is -0.583. The van der Waals surface area contributed by atoms with E-state index in [1.165, 1.54) is 18.2 Å². The number of halogens is 2. The maximum absolute atomic E-state index is 13.2. The van der Waals surface area contributed by atoms with E-state index in [2.05, 4.69) is 4.90 Å². The van der Waals surface area contributed by atoms with Crippen LogP contribution in [0.15, 0.2) is 85.2 Å². The van der Waals surface area contributed by atoms with Gasteiger partial charge in [0.15, 0.2) is 0 Å². The number of benzene rings is 3. The van der Waals surface area contributed by atoms with E-state index in [1.54, 1.807) is 42.5 Å². The molecule has 0 fully saturated rings. The molecule has 5 aromatic rings. The van der Waals surface area contributed by atoms with E-state index in [0.717, 1.165) is 11.1 Å². The van der Waals surface area contributed by atoms with Crippen molar-refractivity contribution in [2.75, 3.05) is 13.3 Å². The van der Waals surface area contributed by atoms with E-state index >= 15 is 0 Å². The molecule has 2 aromatic heterocycles. The van der Waals surface area contributed by atoms with Crippen LogP contribution in [0.25, 0.3) is 33.1 Å². The zero-order valence-corrected chi connectivity index (χ0v) is 19.7. The van der Waals surface area contributed by atoms with Gasteiger partial charge in [-0.15, -0.1) is 0 Å². The predicted octanol–water partition coefficient (Wildman–Crippen LogP) is 5.75. The van der Waals surface area contributed by atoms with Crippen LogP contribution in [0.2, 0.25) is 5.02 Å². The maximum atomic E-state index is 13.2. The van der Waals surface area contributed by atoms with Gasteiger partial charge < -0.3 is 13.6 Å². The molecule has 0 unspecified atom stereocenters. The van der Waals surface area contributed by atoms with Crippen LogP contribution in [0, 0.1) is 5.82 Å². The maximum Gasteiger partial charge on any atom is 0.344 e. The van der Waals surface area contributed by atoms with Crippen molar-refractivity contribution in [3.63, 3.8) is 0 Å². The first-order valence-corrected chi connectivity index (χ1v) is 11.8. The fourth-order valence-corrected chi connectivity index (χ4v) is 4.75. The van der Waals surface area contributed by atoms with Gasteiger partial charge in [-0.2, -0.15) is 0 Å². The monoisotopic (exact) mass is 503 g/mol. The van der Waals surface area contributed by atoms with Crippen LogP contribution in [0.3, 0.4) is 0 Å². The summed E-state index contributed by atoms with van der Waals surface area (Å²) in [5.74, 6) is 0.355. The normalized spacial score (nSPS) is 13.6. The molecule has 0 saturated carbocycles. The van der Waals surface area contributed by atoms with Gasteiger partial charge in [0.1, 0.15) is 29.5 Å². The molecule has 1 aliphatic rings. The van der Waals surface area contributed by atoms with Crippen molar-refractivity contribution >= 4 is 33.5 Å². The van der Waals surface area contributed by atoms with Crippen molar-refractivity contribution in [2.45, 2.75) is 13.0 Å². The molecule has 6 rings (SSSR count). The second kappa shape index (κ2) is 8.93. The Morgan fingerprint density at radius 3 is 2.58 bits per heavy atom. The molecule has 1 aliphatic heterocycles. The van der Waals surface area contributed by atoms with Gasteiger partial charge in [0.2, 0.25) is 0 Å². The Morgan fingerprint density at radius 1 is 0.917 bits per heavy atom. The number of fused-ring (bicyclic) bond motifs is 4. The second-order valence-corrected chi connectivity index (χ2v) is 9.17. The first-order valence-electron chi connectivity index (χ1n) is 11.4. The highest BCUT2D eigenvalue weighted by Gasteiger charge is 2.23. The second-order valence-electron chi connectivity index (χ2n) is 8.73. The summed E-state index contributed by atoms with van der Waals surface area (Å²) in [6.07, 6.45) is 0.708. The number of hydrogen-bond acceptors (Lipinski definition) is 6. The van der Waals surface area contributed by atoms with Crippen LogP contribution in [-0.4, -0.2) is 18.2 Å². The summed E-state index contributed by atoms with van der Waals surface area (Å²) in [6, 6.07) is 18.0. The Kier molecular flexibility index (Phi) is 5.59. The standard InChI is InChI=1S/C28H19ClFNO5/c29-18-3-7-24-17(11-18)12-22(28(33)35-24)21-13-26(32)36-27-20(21)6-8-25-23(27)14-31(15-34-25)10-9-16-1-4-19(30)5-2-16/h1-8,11-13H,9-10,14-15H2. The lowest BCUT2D eigenvalue weighted by Crippen LogP contribution is -2.33. The number of ether oxygens (including phenoxy) is 1. The SMILES string of the molecule is O=c1cc(-c2cc3cc(Cl)ccc3oc2=O)c2ccc3c(c2o1)CN(CCc1ccc(F)cc1)CO3. The predicted molar refractivity (Wildman–Crippen MR) is 135 cm³/mol. The molecular weight excluding hydrogens is 485 g/mol. The van der Waals surface area contributed by atoms with Gasteiger partial charge >= 0.3 is 11.3 Å². The van der Waals surface area contributed by atoms with E-state index < -0.39 is 11.3 Å². The highest BCUT2D eigenvalue weighted by molar-refractivity contribution is 6.31. The summed E-state index contributed by atoms with van der Waals surface area (Å²) in [5.41, 5.74) is 2.03. The number of rotatable bonds is 4. The summed E-state index contributed by atoms with van der Waals surface area (Å²) in [4.78, 5) is 27.5. The van der Waals surface area contributed by atoms with Crippen molar-refractivity contribution in [3.05, 3.63) is 110 Å². The first-order chi connectivity index (χ1) is 17.4. The van der Waals surface area contributed by atoms with Crippen LogP contribution < -0.4 is 16.0 Å². The molecule has 36 heavy (non-hydrogen) atoms. The van der Waals surface area contributed by atoms with Gasteiger partial charge in [0.05, 0.1) is 11.1 Å². The van der Waals surface area contributed by atoms with E-state index in [9.17, 15) is 14.0 Å². The van der Waals surface area contributed by atoms with Crippen molar-refractivity contribution in [1.29, 1.82) is 0 Å². The van der Waals surface area contributed by atoms with Gasteiger partial charge in [-0.25, -0.2) is 14.0 Å². The van der Waals surface area contributed by atoms with Crippen LogP contribution >= 0.6 is 11.6 Å². The molecule has 0 saturated heterocycles. The Morgan fingerprint density at radius 2 is 1.75 bits per heavy atom. The molecule has 0 radical (unpaired) electrons. The minimum Gasteiger partial charge on any atom is -0.478 e. The summed E-state index contributed by atoms with van der Waals surface area (Å²) >= 11 is 6.12. The topological polar surface area (TPSA) is 72.9 Å². The van der Waals surface area contributed by atoms with Crippen molar-refractivity contribution in [3.8, 4) is 16.9 Å². The molecule has 8 heteroatoms. The molecule has 0 N–H and O–H groups in total. The van der Waals surface area contributed by atoms with Crippen molar-refractivity contribution in [2.24, 2.45) is 0 Å². The van der Waals surface area contributed by atoms with Crippen LogP contribution in [0.4, 0.5) is 4.39 Å². The molecule has 0 bridgehead atoms. The Labute approximate surface area is 209 Å². The Balaban J connectivity index is 1.40. The van der Waals surface area contributed by atoms with Gasteiger partial charge in [-0.3, -0.25) is 4.90 Å². The summed E-state index contributed by atoms with van der Waals surface area (Å²) in [5, 5.41) is 1.75.